The summed E-state index contributed by atoms with van der Waals surface area (Å²) in [6.45, 7) is 0. The number of rotatable bonds is 3. The number of halogens is 3. The SMILES string of the molecule is O=C1NN(c2cccc(Cl)c2)C(=O)C1=Cc1ccc(-c2ccc(Cl)c(Cl)c2)o1. The third kappa shape index (κ3) is 3.52. The summed E-state index contributed by atoms with van der Waals surface area (Å²) in [5.41, 5.74) is 3.65. The molecule has 0 unspecified atom stereocenters. The monoisotopic (exact) mass is 432 g/mol. The van der Waals surface area contributed by atoms with Crippen LogP contribution < -0.4 is 10.4 Å². The molecule has 2 amide bonds. The smallest absolute Gasteiger partial charge is 0.282 e. The molecule has 8 heteroatoms. The number of nitrogens with one attached hydrogen (secondary N) is 1. The zero-order chi connectivity index (χ0) is 19.8. The zero-order valence-electron chi connectivity index (χ0n) is 14.1. The average Bonchev–Trinajstić information content (AvgIpc) is 3.24. The summed E-state index contributed by atoms with van der Waals surface area (Å²) in [5, 5.41) is 2.43. The van der Waals surface area contributed by atoms with Crippen LogP contribution in [0.25, 0.3) is 17.4 Å². The van der Waals surface area contributed by atoms with E-state index in [1.807, 2.05) is 0 Å². The molecular weight excluding hydrogens is 423 g/mol. The van der Waals surface area contributed by atoms with E-state index in [-0.39, 0.29) is 5.57 Å². The van der Waals surface area contributed by atoms with Crippen LogP contribution in [0, 0.1) is 0 Å². The molecular formula is C20H11Cl3N2O3. The quantitative estimate of drug-likeness (QED) is 0.446. The molecule has 3 aromatic rings. The third-order valence-electron chi connectivity index (χ3n) is 4.08. The van der Waals surface area contributed by atoms with Crippen LogP contribution in [0.15, 0.2) is 64.6 Å². The Morgan fingerprint density at radius 3 is 2.50 bits per heavy atom. The molecule has 5 nitrogen and oxygen atoms in total. The Bertz CT molecular complexity index is 1140. The van der Waals surface area contributed by atoms with Crippen LogP contribution in [-0.4, -0.2) is 11.8 Å². The van der Waals surface area contributed by atoms with Gasteiger partial charge < -0.3 is 4.42 Å². The number of amides is 2. The van der Waals surface area contributed by atoms with Gasteiger partial charge >= 0.3 is 0 Å². The highest BCUT2D eigenvalue weighted by molar-refractivity contribution is 6.42. The lowest BCUT2D eigenvalue weighted by atomic mass is 10.2. The van der Waals surface area contributed by atoms with E-state index < -0.39 is 11.8 Å². The van der Waals surface area contributed by atoms with E-state index in [4.69, 9.17) is 39.2 Å². The Kier molecular flexibility index (Phi) is 4.89. The first kappa shape index (κ1) is 18.6. The van der Waals surface area contributed by atoms with Crippen molar-refractivity contribution in [2.24, 2.45) is 0 Å². The van der Waals surface area contributed by atoms with Crippen LogP contribution >= 0.6 is 34.8 Å². The maximum atomic E-state index is 12.6. The van der Waals surface area contributed by atoms with Crippen LogP contribution in [0.1, 0.15) is 5.76 Å². The summed E-state index contributed by atoms with van der Waals surface area (Å²) < 4.78 is 5.73. The van der Waals surface area contributed by atoms with Crippen LogP contribution in [0.3, 0.4) is 0 Å². The van der Waals surface area contributed by atoms with Gasteiger partial charge in [-0.1, -0.05) is 40.9 Å². The predicted molar refractivity (Wildman–Crippen MR) is 109 cm³/mol. The topological polar surface area (TPSA) is 62.6 Å². The van der Waals surface area contributed by atoms with Gasteiger partial charge in [0.05, 0.1) is 15.7 Å². The number of anilines is 1. The molecule has 1 fully saturated rings. The van der Waals surface area contributed by atoms with Crippen LogP contribution in [0.2, 0.25) is 15.1 Å². The van der Waals surface area contributed by atoms with Gasteiger partial charge in [0.25, 0.3) is 11.8 Å². The molecule has 0 aliphatic carbocycles. The van der Waals surface area contributed by atoms with Crippen molar-refractivity contribution in [3.05, 3.63) is 81.0 Å². The summed E-state index contributed by atoms with van der Waals surface area (Å²) in [6.07, 6.45) is 1.39. The van der Waals surface area contributed by atoms with Crippen molar-refractivity contribution in [1.82, 2.24) is 5.43 Å². The van der Waals surface area contributed by atoms with Gasteiger partial charge in [-0.25, -0.2) is 5.01 Å². The molecule has 0 saturated carbocycles. The molecule has 140 valence electrons. The second kappa shape index (κ2) is 7.36. The average molecular weight is 434 g/mol. The lowest BCUT2D eigenvalue weighted by Crippen LogP contribution is -2.35. The van der Waals surface area contributed by atoms with Gasteiger partial charge in [-0.2, -0.15) is 0 Å². The summed E-state index contributed by atoms with van der Waals surface area (Å²) in [4.78, 5) is 24.9. The number of carbonyl (C=O) groups excluding carboxylic acids is 2. The molecule has 1 aromatic heterocycles. The van der Waals surface area contributed by atoms with Crippen molar-refractivity contribution >= 4 is 58.4 Å². The number of nitrogens with zero attached hydrogens (tertiary/aromatic N) is 1. The Morgan fingerprint density at radius 1 is 0.929 bits per heavy atom. The highest BCUT2D eigenvalue weighted by Crippen LogP contribution is 2.30. The van der Waals surface area contributed by atoms with Gasteiger partial charge in [-0.05, 0) is 54.6 Å². The standard InChI is InChI=1S/C20H11Cl3N2O3/c21-12-2-1-3-13(9-12)25-20(27)15(19(26)24-25)10-14-5-7-18(28-14)11-4-6-16(22)17(23)8-11/h1-10H,(H,24,26). The lowest BCUT2D eigenvalue weighted by Gasteiger charge is -2.14. The fourth-order valence-corrected chi connectivity index (χ4v) is 3.21. The minimum Gasteiger partial charge on any atom is -0.457 e. The molecule has 0 radical (unpaired) electrons. The van der Waals surface area contributed by atoms with E-state index in [2.05, 4.69) is 5.43 Å². The Hall–Kier alpha value is -2.73. The summed E-state index contributed by atoms with van der Waals surface area (Å²) in [7, 11) is 0. The van der Waals surface area contributed by atoms with Crippen molar-refractivity contribution in [3.8, 4) is 11.3 Å². The first-order valence-corrected chi connectivity index (χ1v) is 9.24. The Morgan fingerprint density at radius 2 is 1.75 bits per heavy atom. The highest BCUT2D eigenvalue weighted by Gasteiger charge is 2.34. The summed E-state index contributed by atoms with van der Waals surface area (Å²) in [6, 6.07) is 15.1. The minimum absolute atomic E-state index is 0.0463. The summed E-state index contributed by atoms with van der Waals surface area (Å²) in [5.74, 6) is -0.146. The van der Waals surface area contributed by atoms with Crippen molar-refractivity contribution in [1.29, 1.82) is 0 Å². The first-order chi connectivity index (χ1) is 13.4. The second-order valence-electron chi connectivity index (χ2n) is 5.95. The van der Waals surface area contributed by atoms with Crippen molar-refractivity contribution in [2.45, 2.75) is 0 Å². The fraction of sp³-hybridized carbons (Fsp3) is 0. The van der Waals surface area contributed by atoms with Gasteiger partial charge in [0.2, 0.25) is 0 Å². The van der Waals surface area contributed by atoms with Crippen LogP contribution in [0.4, 0.5) is 5.69 Å². The van der Waals surface area contributed by atoms with Gasteiger partial charge in [0, 0.05) is 10.6 Å². The van der Waals surface area contributed by atoms with Crippen molar-refractivity contribution in [3.63, 3.8) is 0 Å². The second-order valence-corrected chi connectivity index (χ2v) is 7.20. The van der Waals surface area contributed by atoms with E-state index in [0.717, 1.165) is 10.6 Å². The fourth-order valence-electron chi connectivity index (χ4n) is 2.73. The number of furan rings is 1. The van der Waals surface area contributed by atoms with Gasteiger partial charge in [-0.15, -0.1) is 0 Å². The molecule has 0 atom stereocenters. The maximum Gasteiger partial charge on any atom is 0.282 e. The molecule has 4 rings (SSSR count). The van der Waals surface area contributed by atoms with E-state index in [0.29, 0.717) is 32.3 Å². The zero-order valence-corrected chi connectivity index (χ0v) is 16.3. The largest absolute Gasteiger partial charge is 0.457 e. The number of hydrazine groups is 1. The molecule has 28 heavy (non-hydrogen) atoms. The minimum atomic E-state index is -0.530. The molecule has 2 heterocycles. The van der Waals surface area contributed by atoms with E-state index in [1.54, 1.807) is 54.6 Å². The van der Waals surface area contributed by atoms with Gasteiger partial charge in [0.1, 0.15) is 17.1 Å². The number of hydrogen-bond acceptors (Lipinski definition) is 3. The van der Waals surface area contributed by atoms with E-state index >= 15 is 0 Å². The normalized spacial score (nSPS) is 15.4. The summed E-state index contributed by atoms with van der Waals surface area (Å²) >= 11 is 17.9. The third-order valence-corrected chi connectivity index (χ3v) is 5.05. The maximum absolute atomic E-state index is 12.6. The molecule has 0 bridgehead atoms. The molecule has 1 N–H and O–H groups in total. The molecule has 1 aliphatic heterocycles. The molecule has 0 spiro atoms. The predicted octanol–water partition coefficient (Wildman–Crippen LogP) is 5.37. The molecule has 1 saturated heterocycles. The Labute approximate surface area is 175 Å². The van der Waals surface area contributed by atoms with Gasteiger partial charge in [0.15, 0.2) is 0 Å². The van der Waals surface area contributed by atoms with Crippen LogP contribution in [0.5, 0.6) is 0 Å². The van der Waals surface area contributed by atoms with Gasteiger partial charge in [-0.3, -0.25) is 15.0 Å². The lowest BCUT2D eigenvalue weighted by molar-refractivity contribution is -0.117. The number of carbonyl (C=O) groups is 2. The van der Waals surface area contributed by atoms with Crippen molar-refractivity contribution < 1.29 is 14.0 Å². The first-order valence-electron chi connectivity index (χ1n) is 8.10. The van der Waals surface area contributed by atoms with Crippen molar-refractivity contribution in [2.75, 3.05) is 5.01 Å². The molecule has 2 aromatic carbocycles. The Balaban J connectivity index is 1.62. The van der Waals surface area contributed by atoms with E-state index in [1.165, 1.54) is 6.08 Å². The van der Waals surface area contributed by atoms with Crippen LogP contribution in [-0.2, 0) is 9.59 Å². The molecule has 1 aliphatic rings. The number of hydrogen-bond donors (Lipinski definition) is 1. The highest BCUT2D eigenvalue weighted by atomic mass is 35.5. The van der Waals surface area contributed by atoms with E-state index in [9.17, 15) is 9.59 Å². The number of benzene rings is 2.